The zero-order valence-electron chi connectivity index (χ0n) is 23.3. The van der Waals surface area contributed by atoms with Gasteiger partial charge in [0.2, 0.25) is 11.8 Å². The maximum atomic E-state index is 13.6. The second-order valence-electron chi connectivity index (χ2n) is 11.1. The highest BCUT2D eigenvalue weighted by Crippen LogP contribution is 2.34. The first-order chi connectivity index (χ1) is 20.8. The van der Waals surface area contributed by atoms with Gasteiger partial charge in [-0.1, -0.05) is 0 Å². The predicted octanol–water partition coefficient (Wildman–Crippen LogP) is 3.21. The van der Waals surface area contributed by atoms with Crippen molar-refractivity contribution in [2.45, 2.75) is 50.6 Å². The summed E-state index contributed by atoms with van der Waals surface area (Å²) in [4.78, 5) is 64.0. The summed E-state index contributed by atoms with van der Waals surface area (Å²) in [6, 6.07) is 8.49. The molecule has 3 heterocycles. The van der Waals surface area contributed by atoms with Crippen molar-refractivity contribution in [1.29, 1.82) is 0 Å². The molecule has 2 aromatic carbocycles. The molecule has 1 unspecified atom stereocenters. The van der Waals surface area contributed by atoms with E-state index < -0.39 is 29.7 Å². The van der Waals surface area contributed by atoms with E-state index in [0.29, 0.717) is 34.8 Å². The van der Waals surface area contributed by atoms with Crippen LogP contribution in [-0.2, 0) is 9.59 Å². The van der Waals surface area contributed by atoms with Gasteiger partial charge in [-0.2, -0.15) is 0 Å². The van der Waals surface area contributed by atoms with Crippen LogP contribution in [0, 0.1) is 11.7 Å². The number of aromatic nitrogens is 2. The van der Waals surface area contributed by atoms with Gasteiger partial charge >= 0.3 is 0 Å². The van der Waals surface area contributed by atoms with Crippen LogP contribution in [0.1, 0.15) is 64.9 Å². The largest absolute Gasteiger partial charge is 0.404 e. The van der Waals surface area contributed by atoms with Gasteiger partial charge in [0, 0.05) is 42.7 Å². The third-order valence-electron chi connectivity index (χ3n) is 8.17. The van der Waals surface area contributed by atoms with Crippen LogP contribution >= 0.6 is 0 Å². The Morgan fingerprint density at radius 3 is 2.70 bits per heavy atom. The van der Waals surface area contributed by atoms with E-state index >= 15 is 0 Å². The molecule has 3 aliphatic rings. The maximum Gasteiger partial charge on any atom is 0.262 e. The minimum atomic E-state index is -0.978. The quantitative estimate of drug-likeness (QED) is 0.197. The number of hydrogen-bond acceptors (Lipinski definition) is 9. The number of halogens is 1. The van der Waals surface area contributed by atoms with Crippen molar-refractivity contribution in [3.8, 4) is 0 Å². The molecule has 1 aromatic heterocycles. The highest BCUT2D eigenvalue weighted by atomic mass is 19.1. The number of nitrogens with zero attached hydrogens (tertiary/aromatic N) is 4. The third kappa shape index (κ3) is 5.72. The van der Waals surface area contributed by atoms with Gasteiger partial charge in [0.25, 0.3) is 11.8 Å². The Bertz CT molecular complexity index is 1700. The number of nitrogens with one attached hydrogen (secondary N) is 2. The predicted molar refractivity (Wildman–Crippen MR) is 158 cm³/mol. The Kier molecular flexibility index (Phi) is 7.66. The van der Waals surface area contributed by atoms with Gasteiger partial charge in [-0.05, 0) is 68.4 Å². The molecule has 2 aliphatic heterocycles. The first-order valence-electron chi connectivity index (χ1n) is 14.3. The Morgan fingerprint density at radius 1 is 1.09 bits per heavy atom. The van der Waals surface area contributed by atoms with Crippen LogP contribution in [0.4, 0.5) is 10.1 Å². The average molecular weight is 584 g/mol. The summed E-state index contributed by atoms with van der Waals surface area (Å²) in [5.41, 5.74) is 9.27. The first kappa shape index (κ1) is 28.1. The summed E-state index contributed by atoms with van der Waals surface area (Å²) in [6.07, 6.45) is 8.82. The molecule has 1 aliphatic carbocycles. The number of carbonyl (C=O) groups excluding carboxylic acids is 4. The Morgan fingerprint density at radius 2 is 1.91 bits per heavy atom. The molecule has 3 aromatic rings. The van der Waals surface area contributed by atoms with Crippen LogP contribution in [0.5, 0.6) is 0 Å². The van der Waals surface area contributed by atoms with Crippen molar-refractivity contribution in [3.05, 3.63) is 71.4 Å². The molecule has 4 amide bonds. The average Bonchev–Trinajstić information content (AvgIpc) is 3.21. The number of amides is 4. The highest BCUT2D eigenvalue weighted by molar-refractivity contribution is 6.23. The number of fused-ring (bicyclic) bond motifs is 2. The number of benzene rings is 2. The zero-order valence-corrected chi connectivity index (χ0v) is 23.3. The van der Waals surface area contributed by atoms with E-state index in [1.807, 2.05) is 0 Å². The number of nitrogens with two attached hydrogens (primary N) is 1. The number of piperidine rings is 1. The lowest BCUT2D eigenvalue weighted by molar-refractivity contribution is -0.136. The first-order valence-corrected chi connectivity index (χ1v) is 14.3. The van der Waals surface area contributed by atoms with Gasteiger partial charge in [0.05, 0.1) is 40.1 Å². The van der Waals surface area contributed by atoms with Gasteiger partial charge in [0.1, 0.15) is 11.9 Å². The van der Waals surface area contributed by atoms with E-state index in [2.05, 4.69) is 25.6 Å². The molecular weight excluding hydrogens is 553 g/mol. The molecule has 0 spiro atoms. The second-order valence-corrected chi connectivity index (χ2v) is 11.1. The number of rotatable bonds is 9. The van der Waals surface area contributed by atoms with E-state index in [0.717, 1.165) is 36.3 Å². The van der Waals surface area contributed by atoms with Crippen molar-refractivity contribution in [2.24, 2.45) is 16.6 Å². The Hall–Kier alpha value is -5.00. The van der Waals surface area contributed by atoms with E-state index in [-0.39, 0.29) is 35.8 Å². The van der Waals surface area contributed by atoms with Crippen molar-refractivity contribution in [3.63, 3.8) is 0 Å². The van der Waals surface area contributed by atoms with Crippen LogP contribution in [0.25, 0.3) is 16.6 Å². The number of hydrogen-bond donors (Lipinski definition) is 3. The second kappa shape index (κ2) is 11.7. The van der Waals surface area contributed by atoms with Crippen LogP contribution in [0.15, 0.2) is 53.8 Å². The SMILES string of the molecule is NC=C(C=NC1CC(CCCNc2ccc3c(c2)C(=O)N(C2CCC(=O)NC2=O)C3=O)C1)c1cnc2ccc(F)cc2n1. The van der Waals surface area contributed by atoms with Crippen LogP contribution in [0.3, 0.4) is 0 Å². The van der Waals surface area contributed by atoms with E-state index in [1.165, 1.54) is 18.3 Å². The monoisotopic (exact) mass is 583 g/mol. The molecule has 11 nitrogen and oxygen atoms in total. The molecule has 0 radical (unpaired) electrons. The molecule has 2 fully saturated rings. The lowest BCUT2D eigenvalue weighted by Gasteiger charge is -2.32. The van der Waals surface area contributed by atoms with Gasteiger partial charge in [-0.25, -0.2) is 9.37 Å². The fourth-order valence-electron chi connectivity index (χ4n) is 5.77. The van der Waals surface area contributed by atoms with E-state index in [9.17, 15) is 23.6 Å². The number of anilines is 1. The summed E-state index contributed by atoms with van der Waals surface area (Å²) in [5.74, 6) is -1.88. The van der Waals surface area contributed by atoms with E-state index in [1.54, 1.807) is 36.7 Å². The summed E-state index contributed by atoms with van der Waals surface area (Å²) in [6.45, 7) is 0.698. The Labute approximate surface area is 246 Å². The lowest BCUT2D eigenvalue weighted by Crippen LogP contribution is -2.54. The normalized spacial score (nSPS) is 22.2. The van der Waals surface area contributed by atoms with Crippen LogP contribution in [-0.4, -0.2) is 63.3 Å². The topological polar surface area (TPSA) is 160 Å². The molecular formula is C31H30FN7O4. The van der Waals surface area contributed by atoms with Crippen molar-refractivity contribution in [2.75, 3.05) is 11.9 Å². The lowest BCUT2D eigenvalue weighted by atomic mass is 9.78. The molecule has 6 rings (SSSR count). The fraction of sp³-hybridized carbons (Fsp3) is 0.323. The van der Waals surface area contributed by atoms with Crippen molar-refractivity contribution in [1.82, 2.24) is 20.2 Å². The summed E-state index contributed by atoms with van der Waals surface area (Å²) in [7, 11) is 0. The molecule has 1 atom stereocenters. The maximum absolute atomic E-state index is 13.6. The molecule has 1 saturated carbocycles. The molecule has 220 valence electrons. The molecule has 4 N–H and O–H groups in total. The van der Waals surface area contributed by atoms with Crippen molar-refractivity contribution < 1.29 is 23.6 Å². The highest BCUT2D eigenvalue weighted by Gasteiger charge is 2.44. The molecule has 43 heavy (non-hydrogen) atoms. The van der Waals surface area contributed by atoms with Crippen LogP contribution < -0.4 is 16.4 Å². The smallest absolute Gasteiger partial charge is 0.262 e. The fourth-order valence-corrected chi connectivity index (χ4v) is 5.77. The molecule has 1 saturated heterocycles. The molecule has 12 heteroatoms. The van der Waals surface area contributed by atoms with Gasteiger partial charge in [0.15, 0.2) is 0 Å². The standard InChI is InChI=1S/C31H30FN7O4/c32-19-3-6-24-25(12-19)37-26(16-36-24)18(14-33)15-35-21-10-17(11-21)2-1-9-34-20-4-5-22-23(13-20)31(43)39(30(22)42)27-7-8-28(40)38-29(27)41/h3-6,12-17,21,27,34H,1-2,7-11,33H2,(H,38,40,41). The summed E-state index contributed by atoms with van der Waals surface area (Å²) >= 11 is 0. The number of allylic oxidation sites excluding steroid dienone is 1. The van der Waals surface area contributed by atoms with Gasteiger partial charge in [-0.15, -0.1) is 0 Å². The summed E-state index contributed by atoms with van der Waals surface area (Å²) in [5, 5.41) is 5.52. The summed E-state index contributed by atoms with van der Waals surface area (Å²) < 4.78 is 13.6. The Balaban J connectivity index is 0.959. The van der Waals surface area contributed by atoms with Gasteiger partial charge < -0.3 is 11.1 Å². The third-order valence-corrected chi connectivity index (χ3v) is 8.17. The molecule has 0 bridgehead atoms. The van der Waals surface area contributed by atoms with Crippen molar-refractivity contribution >= 4 is 52.1 Å². The van der Waals surface area contributed by atoms with Crippen LogP contribution in [0.2, 0.25) is 0 Å². The number of aliphatic imine (C=N–C) groups is 1. The van der Waals surface area contributed by atoms with Gasteiger partial charge in [-0.3, -0.25) is 39.4 Å². The number of imide groups is 2. The minimum absolute atomic E-state index is 0.0836. The number of carbonyl (C=O) groups is 4. The van der Waals surface area contributed by atoms with E-state index in [4.69, 9.17) is 5.73 Å². The minimum Gasteiger partial charge on any atom is -0.404 e. The zero-order chi connectivity index (χ0) is 30.1.